The van der Waals surface area contributed by atoms with Crippen LogP contribution in [0.5, 0.6) is 0 Å². The molecule has 376 valence electrons. The van der Waals surface area contributed by atoms with E-state index in [9.17, 15) is 45.6 Å². The predicted octanol–water partition coefficient (Wildman–Crippen LogP) is 6.55. The van der Waals surface area contributed by atoms with Crippen LogP contribution in [0, 0.1) is 0 Å². The molecule has 14 nitrogen and oxygen atoms in total. The summed E-state index contributed by atoms with van der Waals surface area (Å²) >= 11 is 0. The molecule has 0 aromatic carbocycles. The number of carbonyl (C=O) groups is 1. The Morgan fingerprint density at radius 2 is 1.00 bits per heavy atom. The molecule has 12 unspecified atom stereocenters. The molecule has 0 spiro atoms. The largest absolute Gasteiger partial charge is 0.394 e. The predicted molar refractivity (Wildman–Crippen MR) is 249 cm³/mol. The van der Waals surface area contributed by atoms with Crippen molar-refractivity contribution in [2.24, 2.45) is 0 Å². The Morgan fingerprint density at radius 1 is 0.547 bits per heavy atom. The van der Waals surface area contributed by atoms with Crippen LogP contribution in [0.4, 0.5) is 0 Å². The van der Waals surface area contributed by atoms with Crippen molar-refractivity contribution in [3.8, 4) is 0 Å². The summed E-state index contributed by atoms with van der Waals surface area (Å²) in [7, 11) is 0. The van der Waals surface area contributed by atoms with Gasteiger partial charge < -0.3 is 65.1 Å². The molecule has 14 heteroatoms. The second kappa shape index (κ2) is 37.5. The Balaban J connectivity index is 1.85. The minimum atomic E-state index is -1.79. The summed E-state index contributed by atoms with van der Waals surface area (Å²) in [4.78, 5) is 13.2. The van der Waals surface area contributed by atoms with E-state index in [0.717, 1.165) is 32.1 Å². The van der Waals surface area contributed by atoms with Crippen LogP contribution in [-0.4, -0.2) is 140 Å². The van der Waals surface area contributed by atoms with Gasteiger partial charge in [0.15, 0.2) is 12.6 Å². The highest BCUT2D eigenvalue weighted by molar-refractivity contribution is 5.76. The maximum absolute atomic E-state index is 13.2. The van der Waals surface area contributed by atoms with Gasteiger partial charge in [0.05, 0.1) is 32.0 Å². The highest BCUT2D eigenvalue weighted by Gasteiger charge is 2.51. The van der Waals surface area contributed by atoms with Crippen LogP contribution in [0.2, 0.25) is 0 Å². The van der Waals surface area contributed by atoms with Gasteiger partial charge in [0.25, 0.3) is 0 Å². The third kappa shape index (κ3) is 24.5. The zero-order valence-corrected chi connectivity index (χ0v) is 39.8. The summed E-state index contributed by atoms with van der Waals surface area (Å²) in [5.41, 5.74) is 0. The van der Waals surface area contributed by atoms with E-state index in [1.165, 1.54) is 128 Å². The van der Waals surface area contributed by atoms with Crippen molar-refractivity contribution < 1.29 is 64.6 Å². The second-order valence-corrected chi connectivity index (χ2v) is 18.3. The fourth-order valence-electron chi connectivity index (χ4n) is 8.42. The molecule has 0 radical (unpaired) electrons. The molecular weight excluding hydrogens is 823 g/mol. The zero-order valence-electron chi connectivity index (χ0n) is 39.8. The van der Waals surface area contributed by atoms with Crippen molar-refractivity contribution in [2.45, 2.75) is 267 Å². The van der Waals surface area contributed by atoms with E-state index in [4.69, 9.17) is 18.9 Å². The molecule has 0 aromatic heterocycles. The van der Waals surface area contributed by atoms with Gasteiger partial charge in [0.1, 0.15) is 48.8 Å². The summed E-state index contributed by atoms with van der Waals surface area (Å²) in [6.45, 7) is 2.76. The lowest BCUT2D eigenvalue weighted by Gasteiger charge is -2.46. The van der Waals surface area contributed by atoms with Gasteiger partial charge in [-0.1, -0.05) is 179 Å². The van der Waals surface area contributed by atoms with Crippen molar-refractivity contribution in [1.29, 1.82) is 0 Å². The van der Waals surface area contributed by atoms with Gasteiger partial charge in [-0.25, -0.2) is 0 Å². The quantitative estimate of drug-likeness (QED) is 0.0236. The number of unbranched alkanes of at least 4 members (excludes halogenated alkanes) is 24. The van der Waals surface area contributed by atoms with E-state index in [1.807, 2.05) is 6.08 Å². The molecule has 0 saturated carbocycles. The van der Waals surface area contributed by atoms with E-state index in [1.54, 1.807) is 6.08 Å². The van der Waals surface area contributed by atoms with Gasteiger partial charge in [-0.2, -0.15) is 0 Å². The molecule has 2 fully saturated rings. The number of amides is 1. The maximum atomic E-state index is 13.2. The number of hydrogen-bond donors (Lipinski definition) is 9. The first kappa shape index (κ1) is 58.6. The van der Waals surface area contributed by atoms with Crippen LogP contribution in [0.15, 0.2) is 24.3 Å². The standard InChI is InChI=1S/C50H93NO13/c1-3-5-7-9-11-13-15-17-18-19-20-22-24-26-28-30-32-34-42(55)51-38(39(54)33-31-29-27-25-23-21-16-14-12-10-8-6-4-2)37-61-49-47(60)45(58)48(41(36-53)63-49)64-50-46(59)44(57)43(56)40(35-52)62-50/h23,25,31,33,38-41,43-50,52-54,56-60H,3-22,24,26-30,32,34-37H2,1-2H3,(H,51,55)/b25-23+,33-31+. The SMILES string of the molecule is CCCCCCCCC/C=C/CC/C=C/C(O)C(COC1OC(CO)C(OC2OC(CO)C(O)C(O)C2O)C(O)C1O)NC(=O)CCCCCCCCCCCCCCCCCCC. The third-order valence-electron chi connectivity index (χ3n) is 12.6. The number of rotatable bonds is 39. The molecule has 0 aliphatic carbocycles. The second-order valence-electron chi connectivity index (χ2n) is 18.3. The highest BCUT2D eigenvalue weighted by atomic mass is 16.7. The Morgan fingerprint density at radius 3 is 1.53 bits per heavy atom. The van der Waals surface area contributed by atoms with Crippen molar-refractivity contribution in [2.75, 3.05) is 19.8 Å². The molecule has 2 rings (SSSR count). The fraction of sp³-hybridized carbons (Fsp3) is 0.900. The van der Waals surface area contributed by atoms with Gasteiger partial charge in [-0.05, 0) is 32.1 Å². The zero-order chi connectivity index (χ0) is 46.8. The summed E-state index contributed by atoms with van der Waals surface area (Å²) in [5, 5.41) is 86.6. The number of aliphatic hydroxyl groups excluding tert-OH is 8. The Bertz CT molecular complexity index is 1170. The van der Waals surface area contributed by atoms with Gasteiger partial charge in [0, 0.05) is 6.42 Å². The number of aliphatic hydroxyl groups is 8. The van der Waals surface area contributed by atoms with Gasteiger partial charge in [-0.15, -0.1) is 0 Å². The highest BCUT2D eigenvalue weighted by Crippen LogP contribution is 2.30. The van der Waals surface area contributed by atoms with Gasteiger partial charge in [0.2, 0.25) is 5.91 Å². The van der Waals surface area contributed by atoms with E-state index < -0.39 is 86.8 Å². The topological polar surface area (TPSA) is 228 Å². The lowest BCUT2D eigenvalue weighted by Crippen LogP contribution is -2.65. The van der Waals surface area contributed by atoms with Crippen LogP contribution in [-0.2, 0) is 23.7 Å². The average molecular weight is 916 g/mol. The van der Waals surface area contributed by atoms with Crippen molar-refractivity contribution in [3.63, 3.8) is 0 Å². The summed E-state index contributed by atoms with van der Waals surface area (Å²) in [6.07, 6.45) is 23.6. The maximum Gasteiger partial charge on any atom is 0.220 e. The number of nitrogens with one attached hydrogen (secondary N) is 1. The molecule has 2 aliphatic rings. The van der Waals surface area contributed by atoms with Gasteiger partial charge >= 0.3 is 0 Å². The molecule has 12 atom stereocenters. The van der Waals surface area contributed by atoms with Crippen molar-refractivity contribution >= 4 is 5.91 Å². The van der Waals surface area contributed by atoms with Crippen LogP contribution < -0.4 is 5.32 Å². The normalized spacial score (nSPS) is 27.4. The monoisotopic (exact) mass is 916 g/mol. The first-order valence-electron chi connectivity index (χ1n) is 25.6. The van der Waals surface area contributed by atoms with Crippen LogP contribution in [0.25, 0.3) is 0 Å². The summed E-state index contributed by atoms with van der Waals surface area (Å²) in [6, 6.07) is -0.925. The summed E-state index contributed by atoms with van der Waals surface area (Å²) < 4.78 is 22.7. The molecule has 1 amide bonds. The minimum absolute atomic E-state index is 0.248. The van der Waals surface area contributed by atoms with E-state index in [0.29, 0.717) is 12.8 Å². The fourth-order valence-corrected chi connectivity index (χ4v) is 8.42. The molecule has 2 saturated heterocycles. The average Bonchev–Trinajstić information content (AvgIpc) is 3.29. The first-order chi connectivity index (χ1) is 31.1. The molecule has 0 aromatic rings. The smallest absolute Gasteiger partial charge is 0.220 e. The minimum Gasteiger partial charge on any atom is -0.394 e. The Labute approximate surface area is 386 Å². The van der Waals surface area contributed by atoms with E-state index in [-0.39, 0.29) is 18.9 Å². The van der Waals surface area contributed by atoms with Crippen LogP contribution in [0.1, 0.15) is 194 Å². The van der Waals surface area contributed by atoms with E-state index >= 15 is 0 Å². The lowest BCUT2D eigenvalue weighted by atomic mass is 9.97. The molecule has 2 heterocycles. The van der Waals surface area contributed by atoms with Crippen molar-refractivity contribution in [1.82, 2.24) is 5.32 Å². The molecular formula is C50H93NO13. The van der Waals surface area contributed by atoms with Gasteiger partial charge in [-0.3, -0.25) is 4.79 Å². The lowest BCUT2D eigenvalue weighted by molar-refractivity contribution is -0.359. The number of allylic oxidation sites excluding steroid dienone is 3. The molecule has 9 N–H and O–H groups in total. The third-order valence-corrected chi connectivity index (χ3v) is 12.6. The Hall–Kier alpha value is -1.53. The Kier molecular flexibility index (Phi) is 34.3. The van der Waals surface area contributed by atoms with Crippen LogP contribution >= 0.6 is 0 Å². The number of carbonyl (C=O) groups excluding carboxylic acids is 1. The number of ether oxygens (including phenoxy) is 4. The van der Waals surface area contributed by atoms with Crippen molar-refractivity contribution in [3.05, 3.63) is 24.3 Å². The molecule has 0 bridgehead atoms. The molecule has 64 heavy (non-hydrogen) atoms. The molecule has 2 aliphatic heterocycles. The summed E-state index contributed by atoms with van der Waals surface area (Å²) in [5.74, 6) is -0.248. The first-order valence-corrected chi connectivity index (χ1v) is 25.6. The number of hydrogen-bond acceptors (Lipinski definition) is 13. The van der Waals surface area contributed by atoms with E-state index in [2.05, 4.69) is 31.3 Å². The van der Waals surface area contributed by atoms with Crippen LogP contribution in [0.3, 0.4) is 0 Å².